The Bertz CT molecular complexity index is 855. The molecule has 0 spiro atoms. The smallest absolute Gasteiger partial charge is 0.416 e. The number of benzene rings is 2. The van der Waals surface area contributed by atoms with E-state index in [0.717, 1.165) is 12.1 Å². The number of hydrogen-bond acceptors (Lipinski definition) is 4. The van der Waals surface area contributed by atoms with Gasteiger partial charge >= 0.3 is 6.18 Å². The van der Waals surface area contributed by atoms with Crippen LogP contribution in [0.2, 0.25) is 0 Å². The van der Waals surface area contributed by atoms with Gasteiger partial charge in [0.15, 0.2) is 16.6 Å². The highest BCUT2D eigenvalue weighted by atomic mass is 32.1. The molecule has 1 amide bonds. The number of ether oxygens (including phenoxy) is 2. The van der Waals surface area contributed by atoms with Gasteiger partial charge in [0.25, 0.3) is 5.91 Å². The first-order valence-electron chi connectivity index (χ1n) is 7.52. The van der Waals surface area contributed by atoms with E-state index < -0.39 is 17.6 Å². The molecule has 1 heterocycles. The molecule has 9 heteroatoms. The standard InChI is InChI=1S/C17H13F3N2O3S/c18-17(19,20)11-2-1-3-12(9-11)21-16(26)22-15(23)10-4-5-13-14(8-10)25-7-6-24-13/h1-5,8-9H,6-7H2,(H2,21,22,23,26). The summed E-state index contributed by atoms with van der Waals surface area (Å²) in [7, 11) is 0. The molecule has 0 radical (unpaired) electrons. The first kappa shape index (κ1) is 18.0. The Morgan fingerprint density at radius 3 is 2.50 bits per heavy atom. The average molecular weight is 382 g/mol. The van der Waals surface area contributed by atoms with Crippen molar-refractivity contribution in [1.82, 2.24) is 5.32 Å². The molecule has 0 saturated heterocycles. The minimum absolute atomic E-state index is 0.118. The van der Waals surface area contributed by atoms with Crippen LogP contribution in [0.15, 0.2) is 42.5 Å². The van der Waals surface area contributed by atoms with Gasteiger partial charge in [-0.15, -0.1) is 0 Å². The molecule has 26 heavy (non-hydrogen) atoms. The molecule has 0 aliphatic carbocycles. The number of halogens is 3. The van der Waals surface area contributed by atoms with Crippen LogP contribution in [0.25, 0.3) is 0 Å². The number of alkyl halides is 3. The van der Waals surface area contributed by atoms with E-state index >= 15 is 0 Å². The number of hydrogen-bond donors (Lipinski definition) is 2. The topological polar surface area (TPSA) is 59.6 Å². The van der Waals surface area contributed by atoms with E-state index in [1.165, 1.54) is 24.3 Å². The van der Waals surface area contributed by atoms with Gasteiger partial charge in [0, 0.05) is 11.3 Å². The maximum atomic E-state index is 12.7. The van der Waals surface area contributed by atoms with Crippen molar-refractivity contribution in [2.45, 2.75) is 6.18 Å². The fourth-order valence-electron chi connectivity index (χ4n) is 2.30. The summed E-state index contributed by atoms with van der Waals surface area (Å²) in [6, 6.07) is 9.16. The lowest BCUT2D eigenvalue weighted by atomic mass is 10.2. The predicted octanol–water partition coefficient (Wildman–Crippen LogP) is 3.60. The van der Waals surface area contributed by atoms with Crippen LogP contribution >= 0.6 is 12.2 Å². The molecule has 0 bridgehead atoms. The monoisotopic (exact) mass is 382 g/mol. The lowest BCUT2D eigenvalue weighted by Crippen LogP contribution is -2.34. The molecule has 0 fully saturated rings. The van der Waals surface area contributed by atoms with Crippen LogP contribution in [0.3, 0.4) is 0 Å². The normalized spacial score (nSPS) is 13.0. The van der Waals surface area contributed by atoms with Gasteiger partial charge in [-0.3, -0.25) is 10.1 Å². The molecule has 1 aliphatic heterocycles. The molecule has 0 saturated carbocycles. The second-order valence-electron chi connectivity index (χ2n) is 5.35. The second-order valence-corrected chi connectivity index (χ2v) is 5.75. The fourth-order valence-corrected chi connectivity index (χ4v) is 2.51. The SMILES string of the molecule is O=C(NC(=S)Nc1cccc(C(F)(F)F)c1)c1ccc2c(c1)OCCO2. The molecule has 2 aromatic carbocycles. The number of thiocarbonyl (C=S) groups is 1. The van der Waals surface area contributed by atoms with Crippen molar-refractivity contribution >= 4 is 28.9 Å². The van der Waals surface area contributed by atoms with Gasteiger partial charge in [-0.05, 0) is 48.6 Å². The molecule has 0 atom stereocenters. The van der Waals surface area contributed by atoms with Gasteiger partial charge < -0.3 is 14.8 Å². The molecule has 136 valence electrons. The number of anilines is 1. The lowest BCUT2D eigenvalue weighted by Gasteiger charge is -2.18. The third-order valence-corrected chi connectivity index (χ3v) is 3.68. The van der Waals surface area contributed by atoms with Crippen molar-refractivity contribution in [3.8, 4) is 11.5 Å². The maximum absolute atomic E-state index is 12.7. The van der Waals surface area contributed by atoms with Crippen molar-refractivity contribution < 1.29 is 27.4 Å². The Balaban J connectivity index is 1.66. The number of fused-ring (bicyclic) bond motifs is 1. The Morgan fingerprint density at radius 1 is 1.04 bits per heavy atom. The zero-order chi connectivity index (χ0) is 18.7. The number of nitrogens with one attached hydrogen (secondary N) is 2. The minimum Gasteiger partial charge on any atom is -0.486 e. The van der Waals surface area contributed by atoms with Crippen molar-refractivity contribution in [3.63, 3.8) is 0 Å². The molecule has 2 aromatic rings. The second kappa shape index (κ2) is 7.20. The lowest BCUT2D eigenvalue weighted by molar-refractivity contribution is -0.137. The number of amides is 1. The number of carbonyl (C=O) groups excluding carboxylic acids is 1. The van der Waals surface area contributed by atoms with Gasteiger partial charge in [-0.2, -0.15) is 13.2 Å². The molecule has 0 unspecified atom stereocenters. The van der Waals surface area contributed by atoms with E-state index in [9.17, 15) is 18.0 Å². The van der Waals surface area contributed by atoms with Crippen molar-refractivity contribution in [3.05, 3.63) is 53.6 Å². The Labute approximate surface area is 152 Å². The zero-order valence-electron chi connectivity index (χ0n) is 13.2. The summed E-state index contributed by atoms with van der Waals surface area (Å²) in [5.74, 6) is 0.463. The summed E-state index contributed by atoms with van der Waals surface area (Å²) >= 11 is 4.99. The summed E-state index contributed by atoms with van der Waals surface area (Å²) in [5.41, 5.74) is -0.418. The summed E-state index contributed by atoms with van der Waals surface area (Å²) in [6.45, 7) is 0.817. The molecule has 2 N–H and O–H groups in total. The molecular weight excluding hydrogens is 369 g/mol. The van der Waals surface area contributed by atoms with Gasteiger partial charge in [0.1, 0.15) is 13.2 Å². The summed E-state index contributed by atoms with van der Waals surface area (Å²) in [5, 5.41) is 4.85. The molecule has 1 aliphatic rings. The van der Waals surface area contributed by atoms with Crippen LogP contribution < -0.4 is 20.1 Å². The van der Waals surface area contributed by atoms with Crippen LogP contribution in [0, 0.1) is 0 Å². The van der Waals surface area contributed by atoms with Crippen molar-refractivity contribution in [2.24, 2.45) is 0 Å². The first-order valence-corrected chi connectivity index (χ1v) is 7.93. The van der Waals surface area contributed by atoms with Gasteiger partial charge in [0.05, 0.1) is 5.56 Å². The van der Waals surface area contributed by atoms with Crippen molar-refractivity contribution in [2.75, 3.05) is 18.5 Å². The number of rotatable bonds is 2. The Morgan fingerprint density at radius 2 is 1.77 bits per heavy atom. The van der Waals surface area contributed by atoms with Gasteiger partial charge in [-0.1, -0.05) is 6.07 Å². The van der Waals surface area contributed by atoms with E-state index in [0.29, 0.717) is 24.7 Å². The maximum Gasteiger partial charge on any atom is 0.416 e. The van der Waals surface area contributed by atoms with Crippen LogP contribution in [0.1, 0.15) is 15.9 Å². The van der Waals surface area contributed by atoms with E-state index in [4.69, 9.17) is 21.7 Å². The highest BCUT2D eigenvalue weighted by molar-refractivity contribution is 7.80. The average Bonchev–Trinajstić information content (AvgIpc) is 2.60. The third-order valence-electron chi connectivity index (χ3n) is 3.48. The quantitative estimate of drug-likeness (QED) is 0.778. The highest BCUT2D eigenvalue weighted by Gasteiger charge is 2.30. The summed E-state index contributed by atoms with van der Waals surface area (Å²) in [4.78, 5) is 12.2. The van der Waals surface area contributed by atoms with E-state index in [2.05, 4.69) is 10.6 Å². The summed E-state index contributed by atoms with van der Waals surface area (Å²) < 4.78 is 48.9. The van der Waals surface area contributed by atoms with E-state index in [-0.39, 0.29) is 16.4 Å². The van der Waals surface area contributed by atoms with Crippen LogP contribution in [0.5, 0.6) is 11.5 Å². The zero-order valence-corrected chi connectivity index (χ0v) is 14.0. The van der Waals surface area contributed by atoms with Gasteiger partial charge in [-0.25, -0.2) is 0 Å². The predicted molar refractivity (Wildman–Crippen MR) is 92.6 cm³/mol. The molecular formula is C17H13F3N2O3S. The number of carbonyl (C=O) groups is 1. The van der Waals surface area contributed by atoms with Gasteiger partial charge in [0.2, 0.25) is 0 Å². The Hall–Kier alpha value is -2.81. The van der Waals surface area contributed by atoms with Crippen LogP contribution in [0.4, 0.5) is 18.9 Å². The largest absolute Gasteiger partial charge is 0.486 e. The van der Waals surface area contributed by atoms with Crippen LogP contribution in [-0.4, -0.2) is 24.2 Å². The minimum atomic E-state index is -4.46. The highest BCUT2D eigenvalue weighted by Crippen LogP contribution is 2.31. The molecule has 5 nitrogen and oxygen atoms in total. The molecule has 0 aromatic heterocycles. The Kier molecular flexibility index (Phi) is 4.99. The van der Waals surface area contributed by atoms with Crippen molar-refractivity contribution in [1.29, 1.82) is 0 Å². The molecule has 3 rings (SSSR count). The third kappa shape index (κ3) is 4.23. The van der Waals surface area contributed by atoms with Crippen LogP contribution in [-0.2, 0) is 6.18 Å². The first-order chi connectivity index (χ1) is 12.3. The van der Waals surface area contributed by atoms with E-state index in [1.807, 2.05) is 0 Å². The van der Waals surface area contributed by atoms with E-state index in [1.54, 1.807) is 6.07 Å². The summed E-state index contributed by atoms with van der Waals surface area (Å²) in [6.07, 6.45) is -4.46. The fraction of sp³-hybridized carbons (Fsp3) is 0.176.